The summed E-state index contributed by atoms with van der Waals surface area (Å²) < 4.78 is 13.1. The summed E-state index contributed by atoms with van der Waals surface area (Å²) in [6.07, 6.45) is 5.82. The van der Waals surface area contributed by atoms with Gasteiger partial charge in [0.05, 0.1) is 0 Å². The lowest BCUT2D eigenvalue weighted by Gasteiger charge is -2.40. The summed E-state index contributed by atoms with van der Waals surface area (Å²) in [5.41, 5.74) is 2.56. The molecule has 0 spiro atoms. The van der Waals surface area contributed by atoms with Gasteiger partial charge < -0.3 is 0 Å². The minimum absolute atomic E-state index is 0.154. The number of allylic oxidation sites excluding steroid dienone is 1. The third-order valence-corrected chi connectivity index (χ3v) is 6.34. The monoisotopic (exact) mass is 356 g/mol. The maximum atomic E-state index is 13.1. The van der Waals surface area contributed by atoms with E-state index in [0.717, 1.165) is 19.4 Å². The zero-order chi connectivity index (χ0) is 17.1. The van der Waals surface area contributed by atoms with Crippen molar-refractivity contribution < 1.29 is 4.39 Å². The molecular weight excluding hydrogens is 331 g/mol. The molecule has 1 saturated heterocycles. The second kappa shape index (κ2) is 7.81. The van der Waals surface area contributed by atoms with Crippen molar-refractivity contribution in [3.05, 3.63) is 64.1 Å². The lowest BCUT2D eigenvalue weighted by Crippen LogP contribution is -2.50. The average molecular weight is 357 g/mol. The first-order valence-corrected chi connectivity index (χ1v) is 10.1. The largest absolute Gasteiger partial charge is 0.298 e. The summed E-state index contributed by atoms with van der Waals surface area (Å²) in [7, 11) is 0. The Morgan fingerprint density at radius 1 is 1.04 bits per heavy atom. The molecule has 1 aromatic carbocycles. The van der Waals surface area contributed by atoms with E-state index in [2.05, 4.69) is 33.4 Å². The van der Waals surface area contributed by atoms with Crippen molar-refractivity contribution >= 4 is 16.9 Å². The molecule has 1 aliphatic heterocycles. The Balaban J connectivity index is 1.29. The van der Waals surface area contributed by atoms with Crippen LogP contribution in [-0.4, -0.2) is 42.0 Å². The number of halogens is 1. The van der Waals surface area contributed by atoms with E-state index in [1.54, 1.807) is 12.1 Å². The predicted octanol–water partition coefficient (Wildman–Crippen LogP) is 4.64. The van der Waals surface area contributed by atoms with Gasteiger partial charge in [0.2, 0.25) is 0 Å². The molecular formula is C21H25FN2S. The van der Waals surface area contributed by atoms with Gasteiger partial charge in [0.25, 0.3) is 0 Å². The third kappa shape index (κ3) is 4.20. The first-order chi connectivity index (χ1) is 12.3. The van der Waals surface area contributed by atoms with Crippen LogP contribution in [0.2, 0.25) is 0 Å². The van der Waals surface area contributed by atoms with E-state index in [-0.39, 0.29) is 5.82 Å². The van der Waals surface area contributed by atoms with Gasteiger partial charge in [-0.3, -0.25) is 9.80 Å². The van der Waals surface area contributed by atoms with Crippen LogP contribution in [-0.2, 0) is 6.54 Å². The zero-order valence-corrected chi connectivity index (χ0v) is 15.4. The molecule has 2 nitrogen and oxygen atoms in total. The van der Waals surface area contributed by atoms with Crippen LogP contribution in [0.5, 0.6) is 0 Å². The molecule has 1 aromatic heterocycles. The first-order valence-electron chi connectivity index (χ1n) is 9.22. The zero-order valence-electron chi connectivity index (χ0n) is 14.5. The van der Waals surface area contributed by atoms with Crippen LogP contribution in [0.15, 0.2) is 47.9 Å². The van der Waals surface area contributed by atoms with Crippen LogP contribution < -0.4 is 0 Å². The van der Waals surface area contributed by atoms with Crippen molar-refractivity contribution in [1.82, 2.24) is 9.80 Å². The van der Waals surface area contributed by atoms with Crippen molar-refractivity contribution in [3.8, 4) is 0 Å². The molecule has 0 radical (unpaired) electrons. The first kappa shape index (κ1) is 17.0. The number of nitrogens with zero attached hydrogens (tertiary/aromatic N) is 2. The Kier molecular flexibility index (Phi) is 5.30. The topological polar surface area (TPSA) is 6.48 Å². The lowest BCUT2D eigenvalue weighted by molar-refractivity contribution is 0.0887. The van der Waals surface area contributed by atoms with Crippen LogP contribution in [0.1, 0.15) is 29.7 Å². The van der Waals surface area contributed by atoms with Gasteiger partial charge in [0, 0.05) is 43.6 Å². The number of hydrogen-bond donors (Lipinski definition) is 0. The fourth-order valence-electron chi connectivity index (χ4n) is 3.99. The highest BCUT2D eigenvalue weighted by Crippen LogP contribution is 2.30. The molecule has 1 aliphatic carbocycles. The highest BCUT2D eigenvalue weighted by molar-refractivity contribution is 7.09. The van der Waals surface area contributed by atoms with Crippen LogP contribution in [0, 0.1) is 5.82 Å². The van der Waals surface area contributed by atoms with Gasteiger partial charge in [-0.25, -0.2) is 4.39 Å². The van der Waals surface area contributed by atoms with E-state index in [9.17, 15) is 4.39 Å². The highest BCUT2D eigenvalue weighted by atomic mass is 32.1. The highest BCUT2D eigenvalue weighted by Gasteiger charge is 2.25. The van der Waals surface area contributed by atoms with E-state index >= 15 is 0 Å². The molecule has 25 heavy (non-hydrogen) atoms. The fourth-order valence-corrected chi connectivity index (χ4v) is 4.73. The molecule has 0 bridgehead atoms. The third-order valence-electron chi connectivity index (χ3n) is 5.48. The van der Waals surface area contributed by atoms with Gasteiger partial charge in [-0.15, -0.1) is 11.3 Å². The van der Waals surface area contributed by atoms with Crippen molar-refractivity contribution in [2.45, 2.75) is 31.8 Å². The maximum Gasteiger partial charge on any atom is 0.123 e. The molecule has 132 valence electrons. The summed E-state index contributed by atoms with van der Waals surface area (Å²) in [6.45, 7) is 5.79. The number of thiophene rings is 1. The maximum absolute atomic E-state index is 13.1. The number of hydrogen-bond acceptors (Lipinski definition) is 3. The number of benzene rings is 1. The number of rotatable bonds is 4. The summed E-state index contributed by atoms with van der Waals surface area (Å²) in [5.74, 6) is -0.154. The van der Waals surface area contributed by atoms with Crippen LogP contribution in [0.25, 0.3) is 5.57 Å². The number of piperazine rings is 1. The van der Waals surface area contributed by atoms with E-state index in [1.807, 2.05) is 23.5 Å². The van der Waals surface area contributed by atoms with Crippen molar-refractivity contribution in [1.29, 1.82) is 0 Å². The Morgan fingerprint density at radius 2 is 1.84 bits per heavy atom. The molecule has 0 amide bonds. The normalized spacial score (nSPS) is 22.8. The van der Waals surface area contributed by atoms with Crippen molar-refractivity contribution in [2.75, 3.05) is 26.2 Å². The second-order valence-electron chi connectivity index (χ2n) is 7.06. The summed E-state index contributed by atoms with van der Waals surface area (Å²) >= 11 is 1.86. The van der Waals surface area contributed by atoms with E-state index in [4.69, 9.17) is 0 Å². The van der Waals surface area contributed by atoms with Crippen LogP contribution in [0.3, 0.4) is 0 Å². The van der Waals surface area contributed by atoms with Gasteiger partial charge in [-0.2, -0.15) is 0 Å². The smallest absolute Gasteiger partial charge is 0.123 e. The molecule has 2 heterocycles. The molecule has 4 rings (SSSR count). The Morgan fingerprint density at radius 3 is 2.48 bits per heavy atom. The van der Waals surface area contributed by atoms with Gasteiger partial charge in [0.1, 0.15) is 5.82 Å². The van der Waals surface area contributed by atoms with Crippen LogP contribution in [0.4, 0.5) is 4.39 Å². The van der Waals surface area contributed by atoms with Crippen molar-refractivity contribution in [3.63, 3.8) is 0 Å². The SMILES string of the molecule is Fc1ccc(C2=CCC(N3CCN(Cc4cccs4)CC3)CC2)cc1. The molecule has 0 saturated carbocycles. The molecule has 0 N–H and O–H groups in total. The standard InChI is InChI=1S/C21H25FN2S/c22-19-7-3-17(4-8-19)18-5-9-20(10-6-18)24-13-11-23(12-14-24)16-21-2-1-15-25-21/h1-5,7-8,15,20H,6,9-14,16H2. The van der Waals surface area contributed by atoms with Gasteiger partial charge in [-0.1, -0.05) is 24.3 Å². The molecule has 2 aliphatic rings. The van der Waals surface area contributed by atoms with Crippen molar-refractivity contribution in [2.24, 2.45) is 0 Å². The Hall–Kier alpha value is -1.49. The average Bonchev–Trinajstić information content (AvgIpc) is 3.16. The predicted molar refractivity (Wildman–Crippen MR) is 103 cm³/mol. The minimum Gasteiger partial charge on any atom is -0.298 e. The summed E-state index contributed by atoms with van der Waals surface area (Å²) in [6, 6.07) is 12.0. The molecule has 1 atom stereocenters. The van der Waals surface area contributed by atoms with Gasteiger partial charge >= 0.3 is 0 Å². The molecule has 1 fully saturated rings. The lowest BCUT2D eigenvalue weighted by atomic mass is 9.89. The minimum atomic E-state index is -0.154. The second-order valence-corrected chi connectivity index (χ2v) is 8.09. The van der Waals surface area contributed by atoms with Crippen LogP contribution >= 0.6 is 11.3 Å². The summed E-state index contributed by atoms with van der Waals surface area (Å²) in [4.78, 5) is 6.71. The molecule has 1 unspecified atom stereocenters. The van der Waals surface area contributed by atoms with E-state index in [1.165, 1.54) is 48.6 Å². The quantitative estimate of drug-likeness (QED) is 0.787. The van der Waals surface area contributed by atoms with E-state index < -0.39 is 0 Å². The fraction of sp³-hybridized carbons (Fsp3) is 0.429. The Labute approximate surface area is 153 Å². The van der Waals surface area contributed by atoms with E-state index in [0.29, 0.717) is 6.04 Å². The Bertz CT molecular complexity index is 700. The summed E-state index contributed by atoms with van der Waals surface area (Å²) in [5, 5.41) is 2.17. The molecule has 4 heteroatoms. The van der Waals surface area contributed by atoms with Gasteiger partial charge in [-0.05, 0) is 54.0 Å². The van der Waals surface area contributed by atoms with Gasteiger partial charge in [0.15, 0.2) is 0 Å². The molecule has 2 aromatic rings.